The van der Waals surface area contributed by atoms with E-state index in [1.54, 1.807) is 30.3 Å². The van der Waals surface area contributed by atoms with E-state index in [1.807, 2.05) is 0 Å². The van der Waals surface area contributed by atoms with Crippen molar-refractivity contribution in [3.8, 4) is 0 Å². The molecule has 0 aromatic heterocycles. The van der Waals surface area contributed by atoms with E-state index in [4.69, 9.17) is 9.47 Å². The molecule has 5 aliphatic rings. The van der Waals surface area contributed by atoms with E-state index in [0.29, 0.717) is 29.8 Å². The zero-order valence-corrected chi connectivity index (χ0v) is 33.9. The number of hydrogen-bond acceptors (Lipinski definition) is 10. The summed E-state index contributed by atoms with van der Waals surface area (Å²) >= 11 is 0. The van der Waals surface area contributed by atoms with Gasteiger partial charge in [0, 0.05) is 31.0 Å². The molecule has 0 bridgehead atoms. The number of nitrogens with zero attached hydrogens (tertiary/aromatic N) is 2. The highest BCUT2D eigenvalue weighted by Crippen LogP contribution is 2.45. The van der Waals surface area contributed by atoms with Gasteiger partial charge in [-0.3, -0.25) is 19.3 Å². The Morgan fingerprint density at radius 1 is 0.898 bits per heavy atom. The maximum Gasteiger partial charge on any atom is 0.410 e. The molecule has 5 atom stereocenters. The largest absolute Gasteiger partial charge is 0.446 e. The van der Waals surface area contributed by atoms with Crippen LogP contribution in [0.25, 0.3) is 0 Å². The number of hydrogen-bond donors (Lipinski definition) is 4. The van der Waals surface area contributed by atoms with E-state index in [0.717, 1.165) is 57.8 Å². The molecule has 15 nitrogen and oxygen atoms in total. The van der Waals surface area contributed by atoms with Crippen LogP contribution in [0.5, 0.6) is 0 Å². The Hall–Kier alpha value is -5.19. The van der Waals surface area contributed by atoms with Crippen LogP contribution in [-0.4, -0.2) is 91.0 Å². The highest BCUT2D eigenvalue weighted by molar-refractivity contribution is 7.90. The highest BCUT2D eigenvalue weighted by atomic mass is 32.2. The van der Waals surface area contributed by atoms with Crippen molar-refractivity contribution in [2.75, 3.05) is 18.4 Å². The van der Waals surface area contributed by atoms with Crippen molar-refractivity contribution in [2.24, 2.45) is 5.92 Å². The normalized spacial score (nSPS) is 27.8. The Morgan fingerprint density at radius 3 is 2.39 bits per heavy atom. The van der Waals surface area contributed by atoms with E-state index in [1.165, 1.54) is 28.0 Å². The average molecular weight is 837 g/mol. The van der Waals surface area contributed by atoms with Crippen molar-refractivity contribution in [1.82, 2.24) is 25.2 Å². The van der Waals surface area contributed by atoms with E-state index in [-0.39, 0.29) is 49.9 Å². The quantitative estimate of drug-likeness (QED) is 0.305. The summed E-state index contributed by atoms with van der Waals surface area (Å²) in [6.45, 7) is 4.15. The highest BCUT2D eigenvalue weighted by Gasteiger charge is 2.61. The number of sulfonamides is 1. The third kappa shape index (κ3) is 9.50. The second kappa shape index (κ2) is 18.0. The van der Waals surface area contributed by atoms with Crippen LogP contribution in [0.15, 0.2) is 60.0 Å². The number of carbonyl (C=O) groups excluding carboxylic acids is 5. The molecule has 2 aromatic rings. The van der Waals surface area contributed by atoms with Crippen molar-refractivity contribution in [2.45, 2.75) is 131 Å². The van der Waals surface area contributed by atoms with Crippen molar-refractivity contribution in [1.29, 1.82) is 0 Å². The van der Waals surface area contributed by atoms with Gasteiger partial charge in [-0.15, -0.1) is 6.58 Å². The molecule has 1 spiro atoms. The number of para-hydroxylation sites is 1. The van der Waals surface area contributed by atoms with E-state index in [9.17, 15) is 36.8 Å². The van der Waals surface area contributed by atoms with Gasteiger partial charge in [-0.1, -0.05) is 62.4 Å². The fraction of sp³-hybridized carbons (Fsp3) is 0.548. The molecular weight excluding hydrogens is 784 g/mol. The number of halogens is 1. The third-order valence-corrected chi connectivity index (χ3v) is 13.5. The van der Waals surface area contributed by atoms with Crippen LogP contribution < -0.4 is 20.7 Å². The molecule has 59 heavy (non-hydrogen) atoms. The first-order chi connectivity index (χ1) is 28.4. The van der Waals surface area contributed by atoms with Gasteiger partial charge >= 0.3 is 12.2 Å². The van der Waals surface area contributed by atoms with Gasteiger partial charge in [0.2, 0.25) is 11.8 Å². The molecule has 17 heteroatoms. The van der Waals surface area contributed by atoms with Gasteiger partial charge < -0.3 is 30.3 Å². The number of carbonyl (C=O) groups is 5. The van der Waals surface area contributed by atoms with Gasteiger partial charge in [0.15, 0.2) is 0 Å². The predicted octanol–water partition coefficient (Wildman–Crippen LogP) is 5.01. The van der Waals surface area contributed by atoms with Gasteiger partial charge in [0.25, 0.3) is 15.9 Å². The Kier molecular flexibility index (Phi) is 12.8. The summed E-state index contributed by atoms with van der Waals surface area (Å²) in [5.41, 5.74) is -0.350. The summed E-state index contributed by atoms with van der Waals surface area (Å²) in [4.78, 5) is 72.3. The first-order valence-corrected chi connectivity index (χ1v) is 22.2. The summed E-state index contributed by atoms with van der Waals surface area (Å²) < 4.78 is 55.7. The lowest BCUT2D eigenvalue weighted by molar-refractivity contribution is -0.141. The Bertz CT molecular complexity index is 2060. The monoisotopic (exact) mass is 836 g/mol. The lowest BCUT2D eigenvalue weighted by atomic mass is 9.98. The standard InChI is InChI=1S/C42H53FN6O9S/c1-2-28-23-42(28)39(52)47-59(55,56)36-20-11-10-18-33(36)44-21-12-5-3-4-9-19-34(45-40(53)57-29-15-7-6-8-16-29)38(51)49-25-30(22-35(49)37(50)46-42)58-41(54)48-24-27-14-13-17-32(43)31(27)26-48/h2,10-11,13-14,17-18,20,28-30,34-35,44H,1,3-9,12,15-16,19,21-26H2,(H,45,53)(H,46,50)(H,47,52)/t28-,30-,34+,35+,42-/m1/s1. The van der Waals surface area contributed by atoms with Crippen LogP contribution in [-0.2, 0) is 47.0 Å². The fourth-order valence-electron chi connectivity index (χ4n) is 8.75. The van der Waals surface area contributed by atoms with Crippen molar-refractivity contribution < 1.29 is 46.3 Å². The lowest BCUT2D eigenvalue weighted by Crippen LogP contribution is -2.58. The fourth-order valence-corrected chi connectivity index (χ4v) is 9.97. The Balaban J connectivity index is 1.15. The number of amides is 5. The molecule has 0 unspecified atom stereocenters. The molecule has 3 fully saturated rings. The summed E-state index contributed by atoms with van der Waals surface area (Å²) in [5, 5.41) is 8.70. The summed E-state index contributed by atoms with van der Waals surface area (Å²) in [7, 11) is -4.42. The SMILES string of the molecule is C=C[C@@H]1C[C@@]12NC(=O)[C@@H]1C[C@@H](OC(=O)N3Cc4cccc(F)c4C3)CN1C(=O)[C@@H](NC(=O)OC1CCCCC1)CCCCCCCNc1ccccc1S(=O)(=O)NC2=O. The molecule has 7 rings (SSSR count). The smallest absolute Gasteiger partial charge is 0.410 e. The molecule has 4 N–H and O–H groups in total. The third-order valence-electron chi connectivity index (χ3n) is 12.2. The van der Waals surface area contributed by atoms with Gasteiger partial charge in [0.1, 0.15) is 40.5 Å². The van der Waals surface area contributed by atoms with E-state index in [2.05, 4.69) is 27.3 Å². The van der Waals surface area contributed by atoms with E-state index < -0.39 is 75.4 Å². The van der Waals surface area contributed by atoms with E-state index >= 15 is 0 Å². The average Bonchev–Trinajstić information content (AvgIpc) is 3.50. The van der Waals surface area contributed by atoms with Crippen molar-refractivity contribution >= 4 is 45.6 Å². The number of rotatable bonds is 4. The molecular formula is C42H53FN6O9S. The van der Waals surface area contributed by atoms with Crippen LogP contribution >= 0.6 is 0 Å². The Labute approximate surface area is 343 Å². The second-order valence-corrected chi connectivity index (χ2v) is 17.9. The number of anilines is 1. The van der Waals surface area contributed by atoms with Crippen LogP contribution in [0.2, 0.25) is 0 Å². The minimum Gasteiger partial charge on any atom is -0.446 e. The minimum absolute atomic E-state index is 0.0146. The molecule has 2 aliphatic carbocycles. The Morgan fingerprint density at radius 2 is 1.63 bits per heavy atom. The van der Waals surface area contributed by atoms with Gasteiger partial charge in [-0.05, 0) is 68.7 Å². The maximum atomic E-state index is 14.6. The van der Waals surface area contributed by atoms with Crippen LogP contribution in [0, 0.1) is 11.7 Å². The van der Waals surface area contributed by atoms with Crippen molar-refractivity contribution in [3.63, 3.8) is 0 Å². The summed E-state index contributed by atoms with van der Waals surface area (Å²) in [5.74, 6) is -3.40. The molecule has 2 aromatic carbocycles. The van der Waals surface area contributed by atoms with Crippen LogP contribution in [0.3, 0.4) is 0 Å². The molecule has 1 saturated heterocycles. The zero-order chi connectivity index (χ0) is 41.7. The summed E-state index contributed by atoms with van der Waals surface area (Å²) in [6.07, 6.45) is 6.84. The molecule has 318 valence electrons. The van der Waals surface area contributed by atoms with Gasteiger partial charge in [-0.25, -0.2) is 27.1 Å². The molecule has 5 amide bonds. The number of ether oxygens (including phenoxy) is 2. The molecule has 0 radical (unpaired) electrons. The lowest BCUT2D eigenvalue weighted by Gasteiger charge is -2.30. The van der Waals surface area contributed by atoms with Crippen molar-refractivity contribution in [3.05, 3.63) is 72.1 Å². The van der Waals surface area contributed by atoms with Gasteiger partial charge in [0.05, 0.1) is 18.8 Å². The number of benzene rings is 2. The molecule has 2 saturated carbocycles. The van der Waals surface area contributed by atoms with Gasteiger partial charge in [-0.2, -0.15) is 0 Å². The van der Waals surface area contributed by atoms with Crippen LogP contribution in [0.4, 0.5) is 19.7 Å². The zero-order valence-electron chi connectivity index (χ0n) is 33.1. The number of fused-ring (bicyclic) bond motifs is 3. The molecule has 3 heterocycles. The second-order valence-electron chi connectivity index (χ2n) is 16.3. The first kappa shape index (κ1) is 42.0. The molecule has 3 aliphatic heterocycles. The summed E-state index contributed by atoms with van der Waals surface area (Å²) in [6, 6.07) is 8.50. The predicted molar refractivity (Wildman–Crippen MR) is 213 cm³/mol. The number of nitrogens with one attached hydrogen (secondary N) is 4. The minimum atomic E-state index is -4.42. The maximum absolute atomic E-state index is 14.6. The number of alkyl carbamates (subject to hydrolysis) is 1. The topological polar surface area (TPSA) is 193 Å². The first-order valence-electron chi connectivity index (χ1n) is 20.7. The van der Waals surface area contributed by atoms with Crippen LogP contribution in [0.1, 0.15) is 94.6 Å².